The minimum Gasteiger partial charge on any atom is -0.480 e. The van der Waals surface area contributed by atoms with Crippen LogP contribution in [-0.2, 0) is 19.4 Å². The summed E-state index contributed by atoms with van der Waals surface area (Å²) >= 11 is 1.38. The first kappa shape index (κ1) is 12.7. The second-order valence-electron chi connectivity index (χ2n) is 4.26. The lowest BCUT2D eigenvalue weighted by Crippen LogP contribution is -2.44. The van der Waals surface area contributed by atoms with Crippen molar-refractivity contribution in [3.8, 4) is 0 Å². The van der Waals surface area contributed by atoms with E-state index in [0.717, 1.165) is 0 Å². The van der Waals surface area contributed by atoms with Gasteiger partial charge in [0.1, 0.15) is 6.04 Å². The van der Waals surface area contributed by atoms with Crippen LogP contribution >= 0.6 is 11.8 Å². The molecular formula is C9H13NO5S2. The van der Waals surface area contributed by atoms with Gasteiger partial charge in [0.15, 0.2) is 9.84 Å². The van der Waals surface area contributed by atoms with Crippen molar-refractivity contribution in [2.45, 2.75) is 12.5 Å². The van der Waals surface area contributed by atoms with Gasteiger partial charge in [-0.25, -0.2) is 13.2 Å². The molecule has 0 spiro atoms. The summed E-state index contributed by atoms with van der Waals surface area (Å²) in [6.45, 7) is 0. The zero-order chi connectivity index (χ0) is 12.6. The predicted octanol–water partition coefficient (Wildman–Crippen LogP) is -0.593. The number of carboxylic acids is 1. The average molecular weight is 279 g/mol. The standard InChI is InChI=1S/C9H13NO5S2/c11-8(6-1-2-17(14,15)4-6)10-5-16-3-7(10)9(12)13/h6-7H,1-5H2,(H,12,13)/t6?,7-/m0/s1. The molecule has 96 valence electrons. The van der Waals surface area contributed by atoms with E-state index in [1.807, 2.05) is 0 Å². The number of hydrogen-bond acceptors (Lipinski definition) is 5. The van der Waals surface area contributed by atoms with E-state index in [4.69, 9.17) is 5.11 Å². The van der Waals surface area contributed by atoms with Crippen LogP contribution in [0, 0.1) is 5.92 Å². The number of carbonyl (C=O) groups excluding carboxylic acids is 1. The summed E-state index contributed by atoms with van der Waals surface area (Å²) in [5, 5.41) is 8.95. The third-order valence-corrected chi connectivity index (χ3v) is 5.81. The number of amides is 1. The van der Waals surface area contributed by atoms with Crippen LogP contribution in [0.15, 0.2) is 0 Å². The van der Waals surface area contributed by atoms with Gasteiger partial charge < -0.3 is 10.0 Å². The second kappa shape index (κ2) is 4.49. The van der Waals surface area contributed by atoms with Crippen LogP contribution in [0.2, 0.25) is 0 Å². The normalized spacial score (nSPS) is 31.6. The minimum absolute atomic E-state index is 0.0299. The average Bonchev–Trinajstić information content (AvgIpc) is 2.82. The largest absolute Gasteiger partial charge is 0.480 e. The van der Waals surface area contributed by atoms with Crippen LogP contribution in [0.1, 0.15) is 6.42 Å². The number of hydrogen-bond donors (Lipinski definition) is 1. The van der Waals surface area contributed by atoms with Crippen LogP contribution in [0.3, 0.4) is 0 Å². The maximum Gasteiger partial charge on any atom is 0.327 e. The van der Waals surface area contributed by atoms with Gasteiger partial charge in [-0.2, -0.15) is 0 Å². The summed E-state index contributed by atoms with van der Waals surface area (Å²) in [4.78, 5) is 24.3. The molecule has 2 saturated heterocycles. The van der Waals surface area contributed by atoms with Crippen molar-refractivity contribution < 1.29 is 23.1 Å². The van der Waals surface area contributed by atoms with Gasteiger partial charge >= 0.3 is 5.97 Å². The molecule has 2 atom stereocenters. The van der Waals surface area contributed by atoms with E-state index in [-0.39, 0.29) is 17.4 Å². The first-order chi connectivity index (χ1) is 7.91. The highest BCUT2D eigenvalue weighted by molar-refractivity contribution is 7.99. The maximum atomic E-state index is 12.0. The lowest BCUT2D eigenvalue weighted by molar-refractivity contribution is -0.149. The van der Waals surface area contributed by atoms with Gasteiger partial charge in [0.2, 0.25) is 5.91 Å². The van der Waals surface area contributed by atoms with Crippen LogP contribution < -0.4 is 0 Å². The van der Waals surface area contributed by atoms with Gasteiger partial charge in [-0.15, -0.1) is 11.8 Å². The van der Waals surface area contributed by atoms with Crippen molar-refractivity contribution in [1.29, 1.82) is 0 Å². The first-order valence-corrected chi connectivity index (χ1v) is 8.20. The third kappa shape index (κ3) is 2.57. The molecule has 0 aromatic carbocycles. The van der Waals surface area contributed by atoms with Crippen molar-refractivity contribution in [2.75, 3.05) is 23.1 Å². The molecule has 2 heterocycles. The molecule has 2 aliphatic rings. The lowest BCUT2D eigenvalue weighted by Gasteiger charge is -2.23. The minimum atomic E-state index is -3.11. The molecule has 2 aliphatic heterocycles. The molecule has 17 heavy (non-hydrogen) atoms. The molecular weight excluding hydrogens is 266 g/mol. The van der Waals surface area contributed by atoms with Gasteiger partial charge in [-0.3, -0.25) is 4.79 Å². The zero-order valence-corrected chi connectivity index (χ0v) is 10.7. The van der Waals surface area contributed by atoms with E-state index < -0.39 is 27.8 Å². The smallest absolute Gasteiger partial charge is 0.327 e. The van der Waals surface area contributed by atoms with Crippen LogP contribution in [-0.4, -0.2) is 59.5 Å². The Morgan fingerprint density at radius 1 is 1.35 bits per heavy atom. The van der Waals surface area contributed by atoms with Gasteiger partial charge in [0.25, 0.3) is 0 Å². The molecule has 6 nitrogen and oxygen atoms in total. The first-order valence-electron chi connectivity index (χ1n) is 5.22. The van der Waals surface area contributed by atoms with Crippen molar-refractivity contribution in [1.82, 2.24) is 4.90 Å². The topological polar surface area (TPSA) is 91.8 Å². The fourth-order valence-electron chi connectivity index (χ4n) is 2.09. The van der Waals surface area contributed by atoms with Crippen LogP contribution in [0.5, 0.6) is 0 Å². The Balaban J connectivity index is 2.08. The molecule has 1 unspecified atom stereocenters. The molecule has 1 N–H and O–H groups in total. The molecule has 0 aliphatic carbocycles. The summed E-state index contributed by atoms with van der Waals surface area (Å²) in [5.41, 5.74) is 0. The lowest BCUT2D eigenvalue weighted by atomic mass is 10.1. The number of carbonyl (C=O) groups is 2. The highest BCUT2D eigenvalue weighted by atomic mass is 32.2. The van der Waals surface area contributed by atoms with Gasteiger partial charge in [-0.05, 0) is 6.42 Å². The number of sulfone groups is 1. The van der Waals surface area contributed by atoms with Crippen molar-refractivity contribution in [2.24, 2.45) is 5.92 Å². The monoisotopic (exact) mass is 279 g/mol. The summed E-state index contributed by atoms with van der Waals surface area (Å²) in [6.07, 6.45) is 0.314. The van der Waals surface area contributed by atoms with E-state index in [2.05, 4.69) is 0 Å². The molecule has 0 aromatic heterocycles. The highest BCUT2D eigenvalue weighted by Gasteiger charge is 2.41. The second-order valence-corrected chi connectivity index (χ2v) is 7.49. The predicted molar refractivity (Wildman–Crippen MR) is 62.4 cm³/mol. The van der Waals surface area contributed by atoms with E-state index in [1.54, 1.807) is 0 Å². The quantitative estimate of drug-likeness (QED) is 0.726. The number of nitrogens with zero attached hydrogens (tertiary/aromatic N) is 1. The van der Waals surface area contributed by atoms with E-state index in [1.165, 1.54) is 16.7 Å². The number of carboxylic acid groups (broad SMARTS) is 1. The third-order valence-electron chi connectivity index (χ3n) is 3.03. The van der Waals surface area contributed by atoms with Crippen molar-refractivity contribution >= 4 is 33.5 Å². The molecule has 8 heteroatoms. The maximum absolute atomic E-state index is 12.0. The Morgan fingerprint density at radius 3 is 2.59 bits per heavy atom. The SMILES string of the molecule is O=C(O)[C@@H]1CSCN1C(=O)C1CCS(=O)(=O)C1. The molecule has 0 aromatic rings. The van der Waals surface area contributed by atoms with Crippen molar-refractivity contribution in [3.05, 3.63) is 0 Å². The Kier molecular flexibility index (Phi) is 3.35. The van der Waals surface area contributed by atoms with E-state index in [9.17, 15) is 18.0 Å². The van der Waals surface area contributed by atoms with E-state index in [0.29, 0.717) is 18.1 Å². The van der Waals surface area contributed by atoms with Crippen LogP contribution in [0.25, 0.3) is 0 Å². The Bertz CT molecular complexity index is 446. The summed E-state index contributed by atoms with van der Waals surface area (Å²) < 4.78 is 22.6. The number of thioether (sulfide) groups is 1. The van der Waals surface area contributed by atoms with Crippen LogP contribution in [0.4, 0.5) is 0 Å². The molecule has 2 fully saturated rings. The van der Waals surface area contributed by atoms with E-state index >= 15 is 0 Å². The molecule has 2 rings (SSSR count). The van der Waals surface area contributed by atoms with Gasteiger partial charge in [0, 0.05) is 5.75 Å². The zero-order valence-electron chi connectivity index (χ0n) is 9.03. The fourth-order valence-corrected chi connectivity index (χ4v) is 4.98. The molecule has 0 saturated carbocycles. The molecule has 0 bridgehead atoms. The summed E-state index contributed by atoms with van der Waals surface area (Å²) in [6, 6.07) is -0.809. The molecule has 1 amide bonds. The Hall–Kier alpha value is -0.760. The fraction of sp³-hybridized carbons (Fsp3) is 0.778. The Morgan fingerprint density at radius 2 is 2.06 bits per heavy atom. The van der Waals surface area contributed by atoms with Crippen molar-refractivity contribution in [3.63, 3.8) is 0 Å². The summed E-state index contributed by atoms with van der Waals surface area (Å²) in [7, 11) is -3.11. The van der Waals surface area contributed by atoms with Gasteiger partial charge in [-0.1, -0.05) is 0 Å². The molecule has 0 radical (unpaired) electrons. The number of rotatable bonds is 2. The van der Waals surface area contributed by atoms with Gasteiger partial charge in [0.05, 0.1) is 23.3 Å². The Labute approximate surface area is 103 Å². The highest BCUT2D eigenvalue weighted by Crippen LogP contribution is 2.27. The summed E-state index contributed by atoms with van der Waals surface area (Å²) in [5.74, 6) is -1.30. The number of aliphatic carboxylic acids is 1.